The lowest BCUT2D eigenvalue weighted by Gasteiger charge is -2.19. The van der Waals surface area contributed by atoms with E-state index in [-0.39, 0.29) is 0 Å². The van der Waals surface area contributed by atoms with E-state index < -0.39 is 6.10 Å². The molecule has 2 rings (SSSR count). The molecule has 0 radical (unpaired) electrons. The van der Waals surface area contributed by atoms with Crippen molar-refractivity contribution < 1.29 is 9.84 Å². The number of nitrogens with one attached hydrogen (secondary N) is 1. The Morgan fingerprint density at radius 2 is 2.50 bits per heavy atom. The second-order valence-electron chi connectivity index (χ2n) is 3.67. The van der Waals surface area contributed by atoms with E-state index in [0.29, 0.717) is 18.3 Å². The predicted molar refractivity (Wildman–Crippen MR) is 49.8 cm³/mol. The van der Waals surface area contributed by atoms with Gasteiger partial charge in [0.1, 0.15) is 11.9 Å². The van der Waals surface area contributed by atoms with Gasteiger partial charge in [0.2, 0.25) is 0 Å². The van der Waals surface area contributed by atoms with Gasteiger partial charge in [-0.15, -0.1) is 0 Å². The van der Waals surface area contributed by atoms with Crippen molar-refractivity contribution in [2.75, 3.05) is 13.2 Å². The zero-order valence-electron chi connectivity index (χ0n) is 8.23. The quantitative estimate of drug-likeness (QED) is 0.734. The van der Waals surface area contributed by atoms with Crippen molar-refractivity contribution in [3.05, 3.63) is 11.6 Å². The van der Waals surface area contributed by atoms with Gasteiger partial charge >= 0.3 is 0 Å². The second-order valence-corrected chi connectivity index (χ2v) is 3.67. The second kappa shape index (κ2) is 4.06. The van der Waals surface area contributed by atoms with Crippen LogP contribution in [0, 0.1) is 0 Å². The zero-order chi connectivity index (χ0) is 9.97. The summed E-state index contributed by atoms with van der Waals surface area (Å²) in [7, 11) is 0. The van der Waals surface area contributed by atoms with Gasteiger partial charge in [0.05, 0.1) is 6.61 Å². The number of aliphatic hydroxyl groups is 1. The first-order chi connectivity index (χ1) is 6.77. The lowest BCUT2D eigenvalue weighted by atomic mass is 10.0. The van der Waals surface area contributed by atoms with E-state index in [2.05, 4.69) is 15.2 Å². The highest BCUT2D eigenvalue weighted by atomic mass is 16.5. The van der Waals surface area contributed by atoms with E-state index in [0.717, 1.165) is 25.3 Å². The molecule has 1 aromatic rings. The maximum Gasteiger partial charge on any atom is 0.178 e. The molecule has 2 N–H and O–H groups in total. The summed E-state index contributed by atoms with van der Waals surface area (Å²) in [5.41, 5.74) is 0. The molecule has 2 unspecified atom stereocenters. The molecule has 0 aliphatic carbocycles. The van der Waals surface area contributed by atoms with Crippen LogP contribution in [0.15, 0.2) is 0 Å². The molecule has 2 heterocycles. The highest BCUT2D eigenvalue weighted by Crippen LogP contribution is 2.22. The minimum Gasteiger partial charge on any atom is -0.385 e. The number of ether oxygens (including phenoxy) is 1. The summed E-state index contributed by atoms with van der Waals surface area (Å²) in [5.74, 6) is 1.61. The van der Waals surface area contributed by atoms with Crippen LogP contribution in [0.25, 0.3) is 0 Å². The average Bonchev–Trinajstić information content (AvgIpc) is 2.68. The summed E-state index contributed by atoms with van der Waals surface area (Å²) in [6.07, 6.45) is 1.54. The van der Waals surface area contributed by atoms with Gasteiger partial charge in [-0.1, -0.05) is 0 Å². The molecule has 5 heteroatoms. The largest absolute Gasteiger partial charge is 0.385 e. The van der Waals surface area contributed by atoms with Crippen LogP contribution >= 0.6 is 0 Å². The highest BCUT2D eigenvalue weighted by molar-refractivity contribution is 5.00. The monoisotopic (exact) mass is 197 g/mol. The van der Waals surface area contributed by atoms with E-state index in [4.69, 9.17) is 4.74 Å². The fourth-order valence-electron chi connectivity index (χ4n) is 1.61. The van der Waals surface area contributed by atoms with Crippen LogP contribution in [0.3, 0.4) is 0 Å². The van der Waals surface area contributed by atoms with Crippen LogP contribution in [0.5, 0.6) is 0 Å². The molecule has 1 saturated heterocycles. The highest BCUT2D eigenvalue weighted by Gasteiger charge is 2.20. The Kier molecular flexibility index (Phi) is 2.79. The van der Waals surface area contributed by atoms with Crippen molar-refractivity contribution in [1.29, 1.82) is 0 Å². The lowest BCUT2D eigenvalue weighted by molar-refractivity contribution is 0.0780. The molecular weight excluding hydrogens is 182 g/mol. The minimum absolute atomic E-state index is 0.309. The van der Waals surface area contributed by atoms with E-state index in [9.17, 15) is 5.11 Å². The maximum atomic E-state index is 9.26. The van der Waals surface area contributed by atoms with E-state index >= 15 is 0 Å². The molecule has 0 saturated carbocycles. The van der Waals surface area contributed by atoms with Crippen molar-refractivity contribution >= 4 is 0 Å². The number of aromatic nitrogens is 3. The number of nitrogens with zero attached hydrogens (tertiary/aromatic N) is 2. The smallest absolute Gasteiger partial charge is 0.178 e. The van der Waals surface area contributed by atoms with Gasteiger partial charge in [-0.2, -0.15) is 5.10 Å². The van der Waals surface area contributed by atoms with Crippen molar-refractivity contribution in [2.24, 2.45) is 0 Å². The van der Waals surface area contributed by atoms with Gasteiger partial charge in [-0.25, -0.2) is 4.98 Å². The van der Waals surface area contributed by atoms with Gasteiger partial charge in [-0.3, -0.25) is 5.10 Å². The Labute approximate surface area is 82.5 Å². The molecule has 78 valence electrons. The van der Waals surface area contributed by atoms with Crippen molar-refractivity contribution in [3.8, 4) is 0 Å². The van der Waals surface area contributed by atoms with Crippen molar-refractivity contribution in [2.45, 2.75) is 31.8 Å². The summed E-state index contributed by atoms with van der Waals surface area (Å²) in [4.78, 5) is 4.24. The third kappa shape index (κ3) is 1.93. The molecule has 1 aromatic heterocycles. The molecule has 0 bridgehead atoms. The molecule has 2 atom stereocenters. The molecule has 14 heavy (non-hydrogen) atoms. The zero-order valence-corrected chi connectivity index (χ0v) is 8.23. The molecular formula is C9H15N3O2. The fourth-order valence-corrected chi connectivity index (χ4v) is 1.61. The lowest BCUT2D eigenvalue weighted by Crippen LogP contribution is -2.16. The van der Waals surface area contributed by atoms with E-state index in [1.807, 2.05) is 0 Å². The normalized spacial score (nSPS) is 24.9. The van der Waals surface area contributed by atoms with Gasteiger partial charge < -0.3 is 9.84 Å². The van der Waals surface area contributed by atoms with Crippen LogP contribution in [-0.2, 0) is 4.74 Å². The fraction of sp³-hybridized carbons (Fsp3) is 0.778. The first-order valence-electron chi connectivity index (χ1n) is 4.95. The van der Waals surface area contributed by atoms with Crippen molar-refractivity contribution in [3.63, 3.8) is 0 Å². The average molecular weight is 197 g/mol. The molecule has 0 spiro atoms. The summed E-state index contributed by atoms with van der Waals surface area (Å²) >= 11 is 0. The Morgan fingerprint density at radius 1 is 1.64 bits per heavy atom. The molecule has 1 aliphatic heterocycles. The summed E-state index contributed by atoms with van der Waals surface area (Å²) < 4.78 is 5.36. The van der Waals surface area contributed by atoms with E-state index in [1.165, 1.54) is 0 Å². The number of aromatic amines is 1. The predicted octanol–water partition coefficient (Wildman–Crippen LogP) is 0.752. The summed E-state index contributed by atoms with van der Waals surface area (Å²) in [5, 5.41) is 16.1. The number of hydrogen-bond donors (Lipinski definition) is 2. The van der Waals surface area contributed by atoms with Crippen molar-refractivity contribution in [1.82, 2.24) is 15.2 Å². The van der Waals surface area contributed by atoms with E-state index in [1.54, 1.807) is 6.92 Å². The molecule has 0 aromatic carbocycles. The standard InChI is InChI=1S/C9H15N3O2/c1-6(13)8-10-9(12-11-8)7-3-2-4-14-5-7/h6-7,13H,2-5H2,1H3,(H,10,11,12). The van der Waals surface area contributed by atoms with Crippen LogP contribution < -0.4 is 0 Å². The van der Waals surface area contributed by atoms with Crippen LogP contribution in [-0.4, -0.2) is 33.5 Å². The SMILES string of the molecule is CC(O)c1n[nH]c(C2CCCOC2)n1. The number of aliphatic hydroxyl groups excluding tert-OH is 1. The summed E-state index contributed by atoms with van der Waals surface area (Å²) in [6.45, 7) is 3.20. The molecule has 0 amide bonds. The third-order valence-corrected chi connectivity index (χ3v) is 2.44. The molecule has 1 aliphatic rings. The Hall–Kier alpha value is -0.940. The minimum atomic E-state index is -0.607. The number of rotatable bonds is 2. The Morgan fingerprint density at radius 3 is 3.07 bits per heavy atom. The van der Waals surface area contributed by atoms with Gasteiger partial charge in [0.15, 0.2) is 5.82 Å². The van der Waals surface area contributed by atoms with Gasteiger partial charge in [0.25, 0.3) is 0 Å². The molecule has 5 nitrogen and oxygen atoms in total. The van der Waals surface area contributed by atoms with Gasteiger partial charge in [0, 0.05) is 12.5 Å². The van der Waals surface area contributed by atoms with Gasteiger partial charge in [-0.05, 0) is 19.8 Å². The third-order valence-electron chi connectivity index (χ3n) is 2.44. The van der Waals surface area contributed by atoms with Crippen LogP contribution in [0.1, 0.15) is 43.4 Å². The topological polar surface area (TPSA) is 71.0 Å². The first kappa shape index (κ1) is 9.61. The first-order valence-corrected chi connectivity index (χ1v) is 4.95. The Bertz CT molecular complexity index is 292. The van der Waals surface area contributed by atoms with Crippen LogP contribution in [0.2, 0.25) is 0 Å². The molecule has 1 fully saturated rings. The Balaban J connectivity index is 2.07. The number of hydrogen-bond acceptors (Lipinski definition) is 4. The summed E-state index contributed by atoms with van der Waals surface area (Å²) in [6, 6.07) is 0. The van der Waals surface area contributed by atoms with Crippen LogP contribution in [0.4, 0.5) is 0 Å². The number of H-pyrrole nitrogens is 1. The maximum absolute atomic E-state index is 9.26.